The molecule has 6 heteroatoms. The fourth-order valence-electron chi connectivity index (χ4n) is 3.92. The Morgan fingerprint density at radius 2 is 1.77 bits per heavy atom. The molecule has 1 N–H and O–H groups in total. The van der Waals surface area contributed by atoms with E-state index >= 15 is 0 Å². The zero-order chi connectivity index (χ0) is 21.4. The van der Waals surface area contributed by atoms with E-state index in [4.69, 9.17) is 4.52 Å². The van der Waals surface area contributed by atoms with E-state index in [0.29, 0.717) is 22.6 Å². The molecular formula is C25H24N4O2. The van der Waals surface area contributed by atoms with Gasteiger partial charge in [-0.05, 0) is 48.1 Å². The molecule has 0 spiro atoms. The Labute approximate surface area is 180 Å². The van der Waals surface area contributed by atoms with Crippen LogP contribution in [0.2, 0.25) is 0 Å². The van der Waals surface area contributed by atoms with E-state index in [1.807, 2.05) is 62.4 Å². The second kappa shape index (κ2) is 7.95. The molecular weight excluding hydrogens is 388 g/mol. The van der Waals surface area contributed by atoms with Crippen molar-refractivity contribution in [2.45, 2.75) is 44.6 Å². The number of carbonyl (C=O) groups is 1. The van der Waals surface area contributed by atoms with Gasteiger partial charge in [0, 0.05) is 24.0 Å². The van der Waals surface area contributed by atoms with E-state index in [1.165, 1.54) is 0 Å². The van der Waals surface area contributed by atoms with Crippen LogP contribution in [0.3, 0.4) is 0 Å². The molecule has 4 aromatic rings. The smallest absolute Gasteiger partial charge is 0.259 e. The van der Waals surface area contributed by atoms with Crippen LogP contribution >= 0.6 is 0 Å². The van der Waals surface area contributed by atoms with E-state index < -0.39 is 0 Å². The highest BCUT2D eigenvalue weighted by Gasteiger charge is 2.30. The highest BCUT2D eigenvalue weighted by Crippen LogP contribution is 2.41. The van der Waals surface area contributed by atoms with Crippen LogP contribution in [0.5, 0.6) is 0 Å². The van der Waals surface area contributed by atoms with Crippen molar-refractivity contribution < 1.29 is 9.32 Å². The quantitative estimate of drug-likeness (QED) is 0.474. The Bertz CT molecular complexity index is 1180. The van der Waals surface area contributed by atoms with E-state index in [9.17, 15) is 4.79 Å². The molecule has 3 heterocycles. The Kier molecular flexibility index (Phi) is 4.98. The first kappa shape index (κ1) is 19.4. The lowest BCUT2D eigenvalue weighted by molar-refractivity contribution is 0.0944. The number of hydrogen-bond acceptors (Lipinski definition) is 5. The van der Waals surface area contributed by atoms with E-state index in [-0.39, 0.29) is 17.9 Å². The highest BCUT2D eigenvalue weighted by atomic mass is 16.5. The van der Waals surface area contributed by atoms with Crippen LogP contribution in [0.4, 0.5) is 0 Å². The maximum atomic E-state index is 13.7. The van der Waals surface area contributed by atoms with Gasteiger partial charge in [0.25, 0.3) is 11.6 Å². The van der Waals surface area contributed by atoms with Crippen molar-refractivity contribution in [3.63, 3.8) is 0 Å². The molecule has 1 unspecified atom stereocenters. The summed E-state index contributed by atoms with van der Waals surface area (Å²) >= 11 is 0. The molecule has 1 aliphatic rings. The van der Waals surface area contributed by atoms with Gasteiger partial charge >= 0.3 is 0 Å². The predicted molar refractivity (Wildman–Crippen MR) is 118 cm³/mol. The Hall–Kier alpha value is -3.54. The molecule has 1 aromatic carbocycles. The minimum Gasteiger partial charge on any atom is -0.341 e. The van der Waals surface area contributed by atoms with Gasteiger partial charge < -0.3 is 9.84 Å². The summed E-state index contributed by atoms with van der Waals surface area (Å²) in [4.78, 5) is 22.4. The molecule has 6 nitrogen and oxygen atoms in total. The van der Waals surface area contributed by atoms with Gasteiger partial charge in [-0.1, -0.05) is 49.3 Å². The lowest BCUT2D eigenvalue weighted by atomic mass is 9.98. The Morgan fingerprint density at radius 3 is 2.45 bits per heavy atom. The normalized spacial score (nSPS) is 14.7. The lowest BCUT2D eigenvalue weighted by Crippen LogP contribution is -2.29. The SMILES string of the molecule is CC(C)c1noc2nc(C3CC3)cc(C(=O)NC(c3ccccc3)c3ccncc3)c12. The molecule has 1 atom stereocenters. The summed E-state index contributed by atoms with van der Waals surface area (Å²) in [6.45, 7) is 4.08. The maximum Gasteiger partial charge on any atom is 0.259 e. The van der Waals surface area contributed by atoms with E-state index in [1.54, 1.807) is 12.4 Å². The maximum absolute atomic E-state index is 13.7. The standard InChI is InChI=1S/C25H24N4O2/c1-15(2)22-21-19(14-20(16-8-9-16)27-25(21)31-29-22)24(30)28-23(17-6-4-3-5-7-17)18-10-12-26-13-11-18/h3-7,10-16,23H,8-9H2,1-2H3,(H,28,30). The van der Waals surface area contributed by atoms with E-state index in [2.05, 4.69) is 20.4 Å². The number of pyridine rings is 2. The van der Waals surface area contributed by atoms with Crippen molar-refractivity contribution in [1.82, 2.24) is 20.4 Å². The first-order chi connectivity index (χ1) is 15.1. The summed E-state index contributed by atoms with van der Waals surface area (Å²) in [5, 5.41) is 8.17. The Balaban J connectivity index is 1.59. The van der Waals surface area contributed by atoms with Gasteiger partial charge in [-0.3, -0.25) is 9.78 Å². The van der Waals surface area contributed by atoms with Gasteiger partial charge in [0.2, 0.25) is 0 Å². The molecule has 156 valence electrons. The average molecular weight is 412 g/mol. The van der Waals surface area contributed by atoms with Gasteiger partial charge in [-0.2, -0.15) is 0 Å². The van der Waals surface area contributed by atoms with Gasteiger partial charge in [-0.15, -0.1) is 0 Å². The molecule has 3 aromatic heterocycles. The zero-order valence-electron chi connectivity index (χ0n) is 17.6. The number of carbonyl (C=O) groups excluding carboxylic acids is 1. The summed E-state index contributed by atoms with van der Waals surface area (Å²) in [7, 11) is 0. The first-order valence-electron chi connectivity index (χ1n) is 10.7. The van der Waals surface area contributed by atoms with Crippen LogP contribution in [0.15, 0.2) is 65.4 Å². The third-order valence-corrected chi connectivity index (χ3v) is 5.73. The molecule has 0 aliphatic heterocycles. The van der Waals surface area contributed by atoms with Crippen molar-refractivity contribution in [3.8, 4) is 0 Å². The first-order valence-corrected chi connectivity index (χ1v) is 10.7. The number of amides is 1. The second-order valence-corrected chi connectivity index (χ2v) is 8.37. The van der Waals surface area contributed by atoms with E-state index in [0.717, 1.165) is 35.4 Å². The van der Waals surface area contributed by atoms with Crippen LogP contribution in [-0.4, -0.2) is 21.0 Å². The number of aromatic nitrogens is 3. The second-order valence-electron chi connectivity index (χ2n) is 8.37. The fraction of sp³-hybridized carbons (Fsp3) is 0.280. The van der Waals surface area contributed by atoms with Crippen molar-refractivity contribution in [2.24, 2.45) is 0 Å². The van der Waals surface area contributed by atoms with Crippen LogP contribution < -0.4 is 5.32 Å². The molecule has 1 aliphatic carbocycles. The summed E-state index contributed by atoms with van der Waals surface area (Å²) in [6, 6.07) is 15.4. The van der Waals surface area contributed by atoms with Crippen LogP contribution in [-0.2, 0) is 0 Å². The molecule has 0 radical (unpaired) electrons. The minimum atomic E-state index is -0.299. The molecule has 31 heavy (non-hydrogen) atoms. The molecule has 1 saturated carbocycles. The molecule has 1 amide bonds. The minimum absolute atomic E-state index is 0.117. The summed E-state index contributed by atoms with van der Waals surface area (Å²) < 4.78 is 5.54. The highest BCUT2D eigenvalue weighted by molar-refractivity contribution is 6.06. The zero-order valence-corrected chi connectivity index (χ0v) is 17.6. The fourth-order valence-corrected chi connectivity index (χ4v) is 3.92. The number of nitrogens with one attached hydrogen (secondary N) is 1. The monoisotopic (exact) mass is 412 g/mol. The number of hydrogen-bond donors (Lipinski definition) is 1. The van der Waals surface area contributed by atoms with Crippen molar-refractivity contribution in [3.05, 3.63) is 89.0 Å². The number of fused-ring (bicyclic) bond motifs is 1. The third-order valence-electron chi connectivity index (χ3n) is 5.73. The van der Waals surface area contributed by atoms with Crippen LogP contribution in [0, 0.1) is 0 Å². The lowest BCUT2D eigenvalue weighted by Gasteiger charge is -2.20. The molecule has 1 fully saturated rings. The van der Waals surface area contributed by atoms with Crippen LogP contribution in [0.25, 0.3) is 11.1 Å². The number of benzene rings is 1. The molecule has 0 bridgehead atoms. The van der Waals surface area contributed by atoms with Gasteiger partial charge in [-0.25, -0.2) is 4.98 Å². The summed E-state index contributed by atoms with van der Waals surface area (Å²) in [6.07, 6.45) is 5.66. The van der Waals surface area contributed by atoms with Crippen LogP contribution in [0.1, 0.15) is 77.4 Å². The van der Waals surface area contributed by atoms with Crippen molar-refractivity contribution in [1.29, 1.82) is 0 Å². The Morgan fingerprint density at radius 1 is 1.06 bits per heavy atom. The topological polar surface area (TPSA) is 80.9 Å². The van der Waals surface area contributed by atoms with Gasteiger partial charge in [0.05, 0.1) is 22.7 Å². The summed E-state index contributed by atoms with van der Waals surface area (Å²) in [5.74, 6) is 0.352. The van der Waals surface area contributed by atoms with Crippen molar-refractivity contribution >= 4 is 17.0 Å². The molecule has 5 rings (SSSR count). The average Bonchev–Trinajstić information content (AvgIpc) is 3.56. The van der Waals surface area contributed by atoms with Gasteiger partial charge in [0.1, 0.15) is 0 Å². The predicted octanol–water partition coefficient (Wildman–Crippen LogP) is 5.14. The summed E-state index contributed by atoms with van der Waals surface area (Å²) in [5.41, 5.74) is 4.66. The van der Waals surface area contributed by atoms with Gasteiger partial charge in [0.15, 0.2) is 0 Å². The van der Waals surface area contributed by atoms with Crippen molar-refractivity contribution in [2.75, 3.05) is 0 Å². The number of rotatable bonds is 6. The molecule has 0 saturated heterocycles. The number of nitrogens with zero attached hydrogens (tertiary/aromatic N) is 3. The largest absolute Gasteiger partial charge is 0.341 e. The third kappa shape index (κ3) is 3.81.